The van der Waals surface area contributed by atoms with Gasteiger partial charge in [0.1, 0.15) is 5.01 Å². The zero-order valence-corrected chi connectivity index (χ0v) is 14.4. The molecule has 0 spiro atoms. The Morgan fingerprint density at radius 2 is 1.83 bits per heavy atom. The normalized spacial score (nSPS) is 11.0. The van der Waals surface area contributed by atoms with Crippen molar-refractivity contribution in [3.8, 4) is 10.6 Å². The summed E-state index contributed by atoms with van der Waals surface area (Å²) in [6.07, 6.45) is 0. The van der Waals surface area contributed by atoms with Crippen molar-refractivity contribution in [3.63, 3.8) is 0 Å². The molecule has 2 aromatic carbocycles. The molecule has 4 aromatic rings. The minimum Gasteiger partial charge on any atom is -0.258 e. The molecule has 0 atom stereocenters. The van der Waals surface area contributed by atoms with Crippen LogP contribution < -0.4 is 0 Å². The number of non-ortho nitro benzene ring substituents is 1. The summed E-state index contributed by atoms with van der Waals surface area (Å²) in [5.74, 6) is 0. The maximum atomic E-state index is 10.8. The van der Waals surface area contributed by atoms with E-state index >= 15 is 0 Å². The number of benzene rings is 2. The van der Waals surface area contributed by atoms with Crippen molar-refractivity contribution >= 4 is 50.3 Å². The van der Waals surface area contributed by atoms with E-state index in [4.69, 9.17) is 0 Å². The third kappa shape index (κ3) is 3.01. The summed E-state index contributed by atoms with van der Waals surface area (Å²) in [4.78, 5) is 14.9. The van der Waals surface area contributed by atoms with E-state index in [9.17, 15) is 10.1 Å². The lowest BCUT2D eigenvalue weighted by atomic mass is 10.2. The van der Waals surface area contributed by atoms with Gasteiger partial charge in [-0.3, -0.25) is 10.1 Å². The Hall–Kier alpha value is -2.36. The van der Waals surface area contributed by atoms with Crippen LogP contribution in [0.5, 0.6) is 0 Å². The third-order valence-electron chi connectivity index (χ3n) is 3.17. The Bertz CT molecular complexity index is 1030. The van der Waals surface area contributed by atoms with Gasteiger partial charge >= 0.3 is 0 Å². The Morgan fingerprint density at radius 1 is 1.00 bits per heavy atom. The van der Waals surface area contributed by atoms with Crippen LogP contribution in [0.1, 0.15) is 0 Å². The van der Waals surface area contributed by atoms with E-state index in [1.807, 2.05) is 30.3 Å². The molecule has 118 valence electrons. The van der Waals surface area contributed by atoms with Crippen LogP contribution in [0.15, 0.2) is 57.2 Å². The molecule has 6 nitrogen and oxygen atoms in total. The molecule has 0 aliphatic heterocycles. The molecule has 0 fully saturated rings. The van der Waals surface area contributed by atoms with Gasteiger partial charge in [0.15, 0.2) is 8.68 Å². The molecule has 24 heavy (non-hydrogen) atoms. The molecule has 0 unspecified atom stereocenters. The highest BCUT2D eigenvalue weighted by atomic mass is 32.2. The molecule has 9 heteroatoms. The molecule has 2 heterocycles. The maximum Gasteiger partial charge on any atom is 0.270 e. The van der Waals surface area contributed by atoms with E-state index in [0.717, 1.165) is 29.5 Å². The van der Waals surface area contributed by atoms with E-state index < -0.39 is 4.92 Å². The topological polar surface area (TPSA) is 81.8 Å². The van der Waals surface area contributed by atoms with Crippen LogP contribution in [0.3, 0.4) is 0 Å². The molecular weight excluding hydrogens is 364 g/mol. The molecule has 0 saturated carbocycles. The fourth-order valence-corrected chi connectivity index (χ4v) is 5.23. The van der Waals surface area contributed by atoms with Gasteiger partial charge in [-0.05, 0) is 17.8 Å². The first-order valence-corrected chi connectivity index (χ1v) is 9.26. The highest BCUT2D eigenvalue weighted by Crippen LogP contribution is 2.38. The number of nitro groups is 1. The molecular formula is C15H8N4O2S3. The lowest BCUT2D eigenvalue weighted by Gasteiger charge is -1.91. The van der Waals surface area contributed by atoms with Crippen molar-refractivity contribution in [2.75, 3.05) is 0 Å². The molecule has 0 saturated heterocycles. The number of hydrogen-bond acceptors (Lipinski definition) is 8. The monoisotopic (exact) mass is 372 g/mol. The Labute approximate surface area is 148 Å². The number of nitro benzene ring substituents is 1. The quantitative estimate of drug-likeness (QED) is 0.375. The summed E-state index contributed by atoms with van der Waals surface area (Å²) in [6, 6.07) is 14.6. The molecule has 2 aromatic heterocycles. The van der Waals surface area contributed by atoms with Crippen LogP contribution in [0, 0.1) is 10.1 Å². The average Bonchev–Trinajstić information content (AvgIpc) is 3.21. The van der Waals surface area contributed by atoms with Gasteiger partial charge in [-0.2, -0.15) is 0 Å². The zero-order chi connectivity index (χ0) is 16.5. The summed E-state index contributed by atoms with van der Waals surface area (Å²) >= 11 is 4.34. The van der Waals surface area contributed by atoms with E-state index in [-0.39, 0.29) is 5.69 Å². The van der Waals surface area contributed by atoms with Crippen molar-refractivity contribution < 1.29 is 4.92 Å². The van der Waals surface area contributed by atoms with Crippen LogP contribution >= 0.6 is 34.4 Å². The fraction of sp³-hybridized carbons (Fsp3) is 0. The van der Waals surface area contributed by atoms with E-state index in [1.165, 1.54) is 40.5 Å². The zero-order valence-electron chi connectivity index (χ0n) is 11.9. The van der Waals surface area contributed by atoms with Crippen LogP contribution in [0.4, 0.5) is 5.69 Å². The summed E-state index contributed by atoms with van der Waals surface area (Å²) < 4.78 is 2.38. The third-order valence-corrected chi connectivity index (χ3v) is 6.27. The Balaban J connectivity index is 1.60. The molecule has 0 amide bonds. The first-order chi connectivity index (χ1) is 11.7. The number of hydrogen-bond donors (Lipinski definition) is 0. The highest BCUT2D eigenvalue weighted by Gasteiger charge is 2.13. The Kier molecular flexibility index (Phi) is 3.97. The molecule has 0 radical (unpaired) electrons. The smallest absolute Gasteiger partial charge is 0.258 e. The number of nitrogens with zero attached hydrogens (tertiary/aromatic N) is 4. The van der Waals surface area contributed by atoms with Gasteiger partial charge in [-0.15, -0.1) is 21.5 Å². The second-order valence-corrected chi connectivity index (χ2v) is 8.23. The molecule has 0 bridgehead atoms. The second-order valence-electron chi connectivity index (χ2n) is 4.73. The first kappa shape index (κ1) is 15.2. The summed E-state index contributed by atoms with van der Waals surface area (Å²) in [6.45, 7) is 0. The van der Waals surface area contributed by atoms with Gasteiger partial charge in [-0.25, -0.2) is 4.98 Å². The van der Waals surface area contributed by atoms with Crippen molar-refractivity contribution in [1.82, 2.24) is 15.2 Å². The molecule has 0 N–H and O–H groups in total. The fourth-order valence-electron chi connectivity index (χ4n) is 2.07. The number of fused-ring (bicyclic) bond motifs is 1. The van der Waals surface area contributed by atoms with Crippen molar-refractivity contribution in [3.05, 3.63) is 58.6 Å². The van der Waals surface area contributed by atoms with Crippen LogP contribution in [-0.4, -0.2) is 20.1 Å². The minimum atomic E-state index is -0.400. The largest absolute Gasteiger partial charge is 0.270 e. The molecule has 0 aliphatic rings. The number of aromatic nitrogens is 3. The minimum absolute atomic E-state index is 0.0741. The predicted molar refractivity (Wildman–Crippen MR) is 95.7 cm³/mol. The number of thiazole rings is 1. The lowest BCUT2D eigenvalue weighted by Crippen LogP contribution is -1.85. The number of rotatable bonds is 4. The van der Waals surface area contributed by atoms with Crippen LogP contribution in [0.25, 0.3) is 20.8 Å². The SMILES string of the molecule is O=[N+]([O-])c1ccc2nc(Sc3nnc(-c4ccccc4)s3)sc2c1. The van der Waals surface area contributed by atoms with Gasteiger partial charge in [-0.1, -0.05) is 41.7 Å². The molecule has 0 aliphatic carbocycles. The second kappa shape index (κ2) is 6.27. The maximum absolute atomic E-state index is 10.8. The van der Waals surface area contributed by atoms with E-state index in [0.29, 0.717) is 0 Å². The van der Waals surface area contributed by atoms with Crippen LogP contribution in [0.2, 0.25) is 0 Å². The lowest BCUT2D eigenvalue weighted by molar-refractivity contribution is -0.384. The van der Waals surface area contributed by atoms with Crippen LogP contribution in [-0.2, 0) is 0 Å². The van der Waals surface area contributed by atoms with Crippen molar-refractivity contribution in [2.24, 2.45) is 0 Å². The predicted octanol–water partition coefficient (Wildman–Crippen LogP) is 4.87. The van der Waals surface area contributed by atoms with Gasteiger partial charge in [0, 0.05) is 17.7 Å². The van der Waals surface area contributed by atoms with E-state index in [2.05, 4.69) is 15.2 Å². The van der Waals surface area contributed by atoms with Crippen molar-refractivity contribution in [2.45, 2.75) is 8.68 Å². The highest BCUT2D eigenvalue weighted by molar-refractivity contribution is 8.02. The summed E-state index contributed by atoms with van der Waals surface area (Å²) in [5.41, 5.74) is 1.85. The van der Waals surface area contributed by atoms with Gasteiger partial charge < -0.3 is 0 Å². The van der Waals surface area contributed by atoms with Gasteiger partial charge in [0.2, 0.25) is 0 Å². The first-order valence-electron chi connectivity index (χ1n) is 6.81. The summed E-state index contributed by atoms with van der Waals surface area (Å²) in [7, 11) is 0. The Morgan fingerprint density at radius 3 is 2.62 bits per heavy atom. The van der Waals surface area contributed by atoms with E-state index in [1.54, 1.807) is 12.1 Å². The molecule has 4 rings (SSSR count). The van der Waals surface area contributed by atoms with Gasteiger partial charge in [0.05, 0.1) is 15.1 Å². The van der Waals surface area contributed by atoms with Gasteiger partial charge in [0.25, 0.3) is 5.69 Å². The standard InChI is InChI=1S/C15H8N4O2S3/c20-19(21)10-6-7-11-12(8-10)22-14(16-11)24-15-18-17-13(23-15)9-4-2-1-3-5-9/h1-8H. The van der Waals surface area contributed by atoms with Crippen molar-refractivity contribution in [1.29, 1.82) is 0 Å². The average molecular weight is 372 g/mol. The summed E-state index contributed by atoms with van der Waals surface area (Å²) in [5, 5.41) is 20.1.